The summed E-state index contributed by atoms with van der Waals surface area (Å²) in [6.07, 6.45) is 2.46. The van der Waals surface area contributed by atoms with Crippen molar-refractivity contribution in [2.45, 2.75) is 24.8 Å². The van der Waals surface area contributed by atoms with E-state index in [0.717, 1.165) is 5.56 Å². The lowest BCUT2D eigenvalue weighted by Gasteiger charge is -2.15. The normalized spacial score (nSPS) is 24.1. The first-order valence-electron chi connectivity index (χ1n) is 5.49. The van der Waals surface area contributed by atoms with Crippen LogP contribution >= 0.6 is 0 Å². The monoisotopic (exact) mass is 215 g/mol. The van der Waals surface area contributed by atoms with Crippen molar-refractivity contribution in [2.24, 2.45) is 10.7 Å². The Morgan fingerprint density at radius 1 is 1.25 bits per heavy atom. The van der Waals surface area contributed by atoms with E-state index in [0.29, 0.717) is 11.8 Å². The van der Waals surface area contributed by atoms with Gasteiger partial charge in [-0.2, -0.15) is 4.99 Å². The summed E-state index contributed by atoms with van der Waals surface area (Å²) >= 11 is 0. The van der Waals surface area contributed by atoms with Crippen molar-refractivity contribution < 1.29 is 4.79 Å². The fourth-order valence-corrected chi connectivity index (χ4v) is 2.19. The van der Waals surface area contributed by atoms with Crippen molar-refractivity contribution in [3.63, 3.8) is 0 Å². The van der Waals surface area contributed by atoms with Gasteiger partial charge in [0.1, 0.15) is 11.9 Å². The van der Waals surface area contributed by atoms with Crippen LogP contribution in [0, 0.1) is 0 Å². The predicted octanol–water partition coefficient (Wildman–Crippen LogP) is 1.69. The second-order valence-electron chi connectivity index (χ2n) is 4.32. The molecule has 1 fully saturated rings. The average molecular weight is 215 g/mol. The van der Waals surface area contributed by atoms with E-state index in [9.17, 15) is 4.79 Å². The van der Waals surface area contributed by atoms with Crippen LogP contribution in [0.5, 0.6) is 0 Å². The molecule has 16 heavy (non-hydrogen) atoms. The molecular weight excluding hydrogens is 202 g/mol. The lowest BCUT2D eigenvalue weighted by molar-refractivity contribution is 0.250. The molecule has 4 heteroatoms. The van der Waals surface area contributed by atoms with Gasteiger partial charge in [-0.3, -0.25) is 0 Å². The Bertz CT molecular complexity index is 477. The minimum absolute atomic E-state index is 0.232. The number of hydrogen-bond donors (Lipinski definition) is 2. The van der Waals surface area contributed by atoms with Crippen molar-refractivity contribution in [1.29, 1.82) is 0 Å². The van der Waals surface area contributed by atoms with E-state index in [1.165, 1.54) is 18.4 Å². The third-order valence-electron chi connectivity index (χ3n) is 3.12. The molecule has 1 aromatic carbocycles. The van der Waals surface area contributed by atoms with E-state index in [4.69, 9.17) is 5.73 Å². The Morgan fingerprint density at radius 2 is 1.94 bits per heavy atom. The highest BCUT2D eigenvalue weighted by atomic mass is 16.2. The van der Waals surface area contributed by atoms with Crippen LogP contribution < -0.4 is 11.1 Å². The number of amidine groups is 1. The Hall–Kier alpha value is -1.84. The molecule has 2 amide bonds. The van der Waals surface area contributed by atoms with Crippen LogP contribution in [0.2, 0.25) is 0 Å². The summed E-state index contributed by atoms with van der Waals surface area (Å²) < 4.78 is 0. The van der Waals surface area contributed by atoms with Gasteiger partial charge in [-0.1, -0.05) is 24.3 Å². The van der Waals surface area contributed by atoms with Gasteiger partial charge in [0.05, 0.1) is 0 Å². The van der Waals surface area contributed by atoms with Gasteiger partial charge in [-0.15, -0.1) is 0 Å². The van der Waals surface area contributed by atoms with E-state index < -0.39 is 0 Å². The molecule has 3 N–H and O–H groups in total. The molecule has 1 aliphatic heterocycles. The molecule has 1 aliphatic carbocycles. The molecule has 1 unspecified atom stereocenters. The standard InChI is InChI=1S/C12H13N3O/c13-11-10(14-12(16)15-11)9-4-2-1-3-8(9)7-5-6-7/h1-4,7,10H,5-6H2,(H3,13,14,15,16). The molecule has 0 saturated heterocycles. The van der Waals surface area contributed by atoms with Gasteiger partial charge in [0, 0.05) is 0 Å². The number of nitrogens with zero attached hydrogens (tertiary/aromatic N) is 1. The maximum absolute atomic E-state index is 11.2. The van der Waals surface area contributed by atoms with Gasteiger partial charge < -0.3 is 11.1 Å². The number of carbonyl (C=O) groups is 1. The van der Waals surface area contributed by atoms with E-state index >= 15 is 0 Å². The van der Waals surface area contributed by atoms with Gasteiger partial charge in [-0.25, -0.2) is 4.79 Å². The summed E-state index contributed by atoms with van der Waals surface area (Å²) in [7, 11) is 0. The lowest BCUT2D eigenvalue weighted by atomic mass is 9.97. The highest BCUT2D eigenvalue weighted by molar-refractivity contribution is 6.03. The maximum atomic E-state index is 11.2. The van der Waals surface area contributed by atoms with Crippen LogP contribution in [-0.2, 0) is 0 Å². The van der Waals surface area contributed by atoms with E-state index in [2.05, 4.69) is 16.4 Å². The molecule has 0 aromatic heterocycles. The van der Waals surface area contributed by atoms with Crippen molar-refractivity contribution >= 4 is 11.9 Å². The third-order valence-corrected chi connectivity index (χ3v) is 3.12. The minimum Gasteiger partial charge on any atom is -0.385 e. The summed E-state index contributed by atoms with van der Waals surface area (Å²) in [5, 5.41) is 2.78. The van der Waals surface area contributed by atoms with Gasteiger partial charge in [0.25, 0.3) is 0 Å². The van der Waals surface area contributed by atoms with Crippen LogP contribution in [0.3, 0.4) is 0 Å². The molecule has 0 bridgehead atoms. The summed E-state index contributed by atoms with van der Waals surface area (Å²) in [4.78, 5) is 14.9. The molecule has 1 saturated carbocycles. The Kier molecular flexibility index (Phi) is 1.96. The van der Waals surface area contributed by atoms with Gasteiger partial charge in [-0.05, 0) is 29.9 Å². The molecule has 1 aromatic rings. The molecule has 0 spiro atoms. The topological polar surface area (TPSA) is 67.5 Å². The summed E-state index contributed by atoms with van der Waals surface area (Å²) in [6.45, 7) is 0. The Balaban J connectivity index is 2.00. The van der Waals surface area contributed by atoms with Crippen LogP contribution in [-0.4, -0.2) is 11.9 Å². The van der Waals surface area contributed by atoms with E-state index in [1.54, 1.807) is 0 Å². The van der Waals surface area contributed by atoms with Crippen molar-refractivity contribution in [2.75, 3.05) is 0 Å². The summed E-state index contributed by atoms with van der Waals surface area (Å²) in [5.74, 6) is 1.01. The maximum Gasteiger partial charge on any atom is 0.343 e. The van der Waals surface area contributed by atoms with Crippen LogP contribution in [0.15, 0.2) is 29.3 Å². The number of carbonyl (C=O) groups excluding carboxylic acids is 1. The summed E-state index contributed by atoms with van der Waals surface area (Å²) in [6, 6.07) is 7.56. The Labute approximate surface area is 93.6 Å². The Morgan fingerprint density at radius 3 is 2.50 bits per heavy atom. The molecule has 0 radical (unpaired) electrons. The van der Waals surface area contributed by atoms with Crippen LogP contribution in [0.4, 0.5) is 4.79 Å². The fraction of sp³-hybridized carbons (Fsp3) is 0.333. The molecule has 3 rings (SSSR count). The molecule has 1 heterocycles. The molecule has 1 atom stereocenters. The van der Waals surface area contributed by atoms with Gasteiger partial charge in [0.15, 0.2) is 0 Å². The van der Waals surface area contributed by atoms with Crippen LogP contribution in [0.25, 0.3) is 0 Å². The molecule has 82 valence electrons. The summed E-state index contributed by atoms with van der Waals surface area (Å²) in [5.41, 5.74) is 8.15. The predicted molar refractivity (Wildman–Crippen MR) is 61.3 cm³/mol. The van der Waals surface area contributed by atoms with Gasteiger partial charge in [0.2, 0.25) is 0 Å². The molecule has 2 aliphatic rings. The third kappa shape index (κ3) is 1.46. The van der Waals surface area contributed by atoms with Crippen molar-refractivity contribution in [3.05, 3.63) is 35.4 Å². The number of urea groups is 1. The quantitative estimate of drug-likeness (QED) is 0.788. The van der Waals surface area contributed by atoms with Crippen molar-refractivity contribution in [3.8, 4) is 0 Å². The number of nitrogens with two attached hydrogens (primary N) is 1. The van der Waals surface area contributed by atoms with Crippen LogP contribution in [0.1, 0.15) is 35.9 Å². The zero-order valence-corrected chi connectivity index (χ0v) is 8.81. The number of rotatable bonds is 2. The second kappa shape index (κ2) is 3.33. The number of nitrogens with one attached hydrogen (secondary N) is 1. The van der Waals surface area contributed by atoms with E-state index in [1.807, 2.05) is 18.2 Å². The number of aliphatic imine (C=N–C) groups is 1. The zero-order valence-electron chi connectivity index (χ0n) is 8.81. The van der Waals surface area contributed by atoms with Crippen molar-refractivity contribution in [1.82, 2.24) is 5.32 Å². The lowest BCUT2D eigenvalue weighted by Crippen LogP contribution is -2.28. The number of hydrogen-bond acceptors (Lipinski definition) is 2. The first-order valence-corrected chi connectivity index (χ1v) is 5.49. The highest BCUT2D eigenvalue weighted by Gasteiger charge is 2.32. The number of amides is 2. The first-order chi connectivity index (χ1) is 7.75. The van der Waals surface area contributed by atoms with Gasteiger partial charge >= 0.3 is 6.03 Å². The smallest absolute Gasteiger partial charge is 0.343 e. The van der Waals surface area contributed by atoms with E-state index in [-0.39, 0.29) is 12.1 Å². The minimum atomic E-state index is -0.340. The SMILES string of the molecule is NC1=NC(=O)NC1c1ccccc1C1CC1. The molecule has 4 nitrogen and oxygen atoms in total. The molecular formula is C12H13N3O. The second-order valence-corrected chi connectivity index (χ2v) is 4.32. The zero-order chi connectivity index (χ0) is 11.1. The highest BCUT2D eigenvalue weighted by Crippen LogP contribution is 2.43. The first kappa shape index (κ1) is 9.39. The fourth-order valence-electron chi connectivity index (χ4n) is 2.19. The average Bonchev–Trinajstić information content (AvgIpc) is 3.05. The number of benzene rings is 1. The largest absolute Gasteiger partial charge is 0.385 e.